The molecule has 20 heavy (non-hydrogen) atoms. The van der Waals surface area contributed by atoms with Crippen molar-refractivity contribution in [1.82, 2.24) is 0 Å². The molecule has 0 saturated carbocycles. The minimum absolute atomic E-state index is 0.0734. The Morgan fingerprint density at radius 3 is 2.10 bits per heavy atom. The van der Waals surface area contributed by atoms with Crippen molar-refractivity contribution in [1.29, 1.82) is 0 Å². The molecule has 0 aromatic heterocycles. The zero-order valence-electron chi connectivity index (χ0n) is 11.5. The van der Waals surface area contributed by atoms with Gasteiger partial charge in [-0.2, -0.15) is 4.39 Å². The lowest BCUT2D eigenvalue weighted by molar-refractivity contribution is 0.370. The number of halogens is 2. The minimum Gasteiger partial charge on any atom is -0.497 e. The van der Waals surface area contributed by atoms with Crippen molar-refractivity contribution in [2.75, 3.05) is 14.2 Å². The molecule has 0 atom stereocenters. The first-order valence-electron chi connectivity index (χ1n) is 6.29. The van der Waals surface area contributed by atoms with Crippen LogP contribution in [0.1, 0.15) is 11.1 Å². The maximum absolute atomic E-state index is 13.8. The van der Waals surface area contributed by atoms with Crippen LogP contribution in [0, 0.1) is 11.6 Å². The van der Waals surface area contributed by atoms with Gasteiger partial charge < -0.3 is 9.47 Å². The maximum Gasteiger partial charge on any atom is 0.200 e. The van der Waals surface area contributed by atoms with Crippen LogP contribution in [0.25, 0.3) is 0 Å². The van der Waals surface area contributed by atoms with E-state index in [4.69, 9.17) is 9.47 Å². The Hall–Kier alpha value is -2.10. The second kappa shape index (κ2) is 6.37. The summed E-state index contributed by atoms with van der Waals surface area (Å²) in [6, 6.07) is 10.5. The SMILES string of the molecule is COc1ccc(CCc2ccc(OC)c(F)c2F)cc1. The maximum atomic E-state index is 13.8. The van der Waals surface area contributed by atoms with Gasteiger partial charge in [0.2, 0.25) is 5.82 Å². The predicted octanol–water partition coefficient (Wildman–Crippen LogP) is 3.77. The molecule has 0 aliphatic rings. The summed E-state index contributed by atoms with van der Waals surface area (Å²) in [6.07, 6.45) is 1.06. The Labute approximate surface area is 117 Å². The van der Waals surface area contributed by atoms with E-state index >= 15 is 0 Å². The van der Waals surface area contributed by atoms with E-state index in [1.165, 1.54) is 13.2 Å². The van der Waals surface area contributed by atoms with E-state index in [9.17, 15) is 8.78 Å². The monoisotopic (exact) mass is 278 g/mol. The molecule has 0 amide bonds. The second-order valence-electron chi connectivity index (χ2n) is 4.40. The number of hydrogen-bond donors (Lipinski definition) is 0. The Balaban J connectivity index is 2.08. The van der Waals surface area contributed by atoms with Gasteiger partial charge in [0.25, 0.3) is 0 Å². The summed E-state index contributed by atoms with van der Waals surface area (Å²) in [5.41, 5.74) is 1.39. The first-order chi connectivity index (χ1) is 9.65. The number of ether oxygens (including phenoxy) is 2. The lowest BCUT2D eigenvalue weighted by Crippen LogP contribution is -2.00. The van der Waals surface area contributed by atoms with Crippen LogP contribution in [0.3, 0.4) is 0 Å². The summed E-state index contributed by atoms with van der Waals surface area (Å²) in [4.78, 5) is 0. The van der Waals surface area contributed by atoms with Crippen molar-refractivity contribution in [3.63, 3.8) is 0 Å². The molecule has 0 aliphatic heterocycles. The number of rotatable bonds is 5. The van der Waals surface area contributed by atoms with Gasteiger partial charge in [0.15, 0.2) is 11.6 Å². The summed E-state index contributed by atoms with van der Waals surface area (Å²) in [6.45, 7) is 0. The highest BCUT2D eigenvalue weighted by atomic mass is 19.2. The molecule has 2 rings (SSSR count). The molecule has 2 aromatic rings. The van der Waals surface area contributed by atoms with Crippen LogP contribution in [0.2, 0.25) is 0 Å². The quantitative estimate of drug-likeness (QED) is 0.829. The Morgan fingerprint density at radius 2 is 1.50 bits per heavy atom. The van der Waals surface area contributed by atoms with Gasteiger partial charge in [-0.1, -0.05) is 18.2 Å². The molecule has 0 radical (unpaired) electrons. The van der Waals surface area contributed by atoms with E-state index in [-0.39, 0.29) is 5.75 Å². The van der Waals surface area contributed by atoms with Crippen molar-refractivity contribution in [3.8, 4) is 11.5 Å². The van der Waals surface area contributed by atoms with E-state index in [1.807, 2.05) is 24.3 Å². The molecule has 0 fully saturated rings. The second-order valence-corrected chi connectivity index (χ2v) is 4.40. The van der Waals surface area contributed by atoms with Crippen molar-refractivity contribution < 1.29 is 18.3 Å². The van der Waals surface area contributed by atoms with Gasteiger partial charge in [-0.25, -0.2) is 4.39 Å². The van der Waals surface area contributed by atoms with E-state index in [2.05, 4.69) is 0 Å². The molecule has 0 heterocycles. The van der Waals surface area contributed by atoms with Gasteiger partial charge in [-0.05, 0) is 42.2 Å². The van der Waals surface area contributed by atoms with Crippen molar-refractivity contribution in [2.24, 2.45) is 0 Å². The molecular weight excluding hydrogens is 262 g/mol. The van der Waals surface area contributed by atoms with E-state index in [0.29, 0.717) is 18.4 Å². The van der Waals surface area contributed by atoms with Crippen LogP contribution >= 0.6 is 0 Å². The third kappa shape index (κ3) is 3.07. The van der Waals surface area contributed by atoms with Crippen LogP contribution in [-0.4, -0.2) is 14.2 Å². The molecule has 0 bridgehead atoms. The molecular formula is C16H16F2O2. The van der Waals surface area contributed by atoms with E-state index in [0.717, 1.165) is 11.3 Å². The van der Waals surface area contributed by atoms with Crippen molar-refractivity contribution >= 4 is 0 Å². The zero-order valence-corrected chi connectivity index (χ0v) is 11.5. The fourth-order valence-electron chi connectivity index (χ4n) is 1.99. The molecule has 2 nitrogen and oxygen atoms in total. The average molecular weight is 278 g/mol. The van der Waals surface area contributed by atoms with Gasteiger partial charge in [-0.3, -0.25) is 0 Å². The fraction of sp³-hybridized carbons (Fsp3) is 0.250. The molecule has 106 valence electrons. The van der Waals surface area contributed by atoms with Crippen LogP contribution in [0.4, 0.5) is 8.78 Å². The fourth-order valence-corrected chi connectivity index (χ4v) is 1.99. The predicted molar refractivity (Wildman–Crippen MR) is 73.3 cm³/mol. The largest absolute Gasteiger partial charge is 0.497 e. The number of benzene rings is 2. The van der Waals surface area contributed by atoms with Crippen LogP contribution < -0.4 is 9.47 Å². The number of aryl methyl sites for hydroxylation is 2. The van der Waals surface area contributed by atoms with Crippen LogP contribution in [-0.2, 0) is 12.8 Å². The normalized spacial score (nSPS) is 10.4. The molecule has 0 spiro atoms. The Kier molecular flexibility index (Phi) is 4.56. The van der Waals surface area contributed by atoms with Gasteiger partial charge in [0.1, 0.15) is 5.75 Å². The summed E-state index contributed by atoms with van der Waals surface area (Å²) >= 11 is 0. The third-order valence-electron chi connectivity index (χ3n) is 3.19. The lowest BCUT2D eigenvalue weighted by atomic mass is 10.0. The Bertz CT molecular complexity index is 580. The van der Waals surface area contributed by atoms with Gasteiger partial charge >= 0.3 is 0 Å². The molecule has 0 saturated heterocycles. The highest BCUT2D eigenvalue weighted by molar-refractivity contribution is 5.32. The van der Waals surface area contributed by atoms with E-state index < -0.39 is 11.6 Å². The average Bonchev–Trinajstić information content (AvgIpc) is 2.49. The smallest absolute Gasteiger partial charge is 0.200 e. The molecule has 0 N–H and O–H groups in total. The van der Waals surface area contributed by atoms with Gasteiger partial charge in [0.05, 0.1) is 14.2 Å². The summed E-state index contributed by atoms with van der Waals surface area (Å²) in [7, 11) is 2.92. The highest BCUT2D eigenvalue weighted by Gasteiger charge is 2.13. The van der Waals surface area contributed by atoms with Gasteiger partial charge in [-0.15, -0.1) is 0 Å². The highest BCUT2D eigenvalue weighted by Crippen LogP contribution is 2.23. The summed E-state index contributed by atoms with van der Waals surface area (Å²) in [5, 5.41) is 0. The first kappa shape index (κ1) is 14.3. The van der Waals surface area contributed by atoms with Crippen molar-refractivity contribution in [3.05, 3.63) is 59.2 Å². The summed E-state index contributed by atoms with van der Waals surface area (Å²) in [5.74, 6) is -1.07. The van der Waals surface area contributed by atoms with Gasteiger partial charge in [0, 0.05) is 0 Å². The topological polar surface area (TPSA) is 18.5 Å². The molecule has 4 heteroatoms. The molecule has 0 unspecified atom stereocenters. The Morgan fingerprint density at radius 1 is 0.800 bits per heavy atom. The molecule has 2 aromatic carbocycles. The minimum atomic E-state index is -0.931. The van der Waals surface area contributed by atoms with Crippen LogP contribution in [0.15, 0.2) is 36.4 Å². The lowest BCUT2D eigenvalue weighted by Gasteiger charge is -2.08. The van der Waals surface area contributed by atoms with Crippen LogP contribution in [0.5, 0.6) is 11.5 Å². The van der Waals surface area contributed by atoms with Crippen molar-refractivity contribution in [2.45, 2.75) is 12.8 Å². The summed E-state index contributed by atoms with van der Waals surface area (Å²) < 4.78 is 37.2. The van der Waals surface area contributed by atoms with E-state index in [1.54, 1.807) is 13.2 Å². The number of methoxy groups -OCH3 is 2. The first-order valence-corrected chi connectivity index (χ1v) is 6.29. The zero-order chi connectivity index (χ0) is 14.5. The number of hydrogen-bond acceptors (Lipinski definition) is 2. The molecule has 0 aliphatic carbocycles. The third-order valence-corrected chi connectivity index (χ3v) is 3.19. The standard InChI is InChI=1S/C16H16F2O2/c1-19-13-8-4-11(5-9-13)3-6-12-7-10-14(20-2)16(18)15(12)17/h4-5,7-10H,3,6H2,1-2H3.